The molecule has 2 unspecified atom stereocenters. The van der Waals surface area contributed by atoms with E-state index in [2.05, 4.69) is 10.9 Å². The highest BCUT2D eigenvalue weighted by molar-refractivity contribution is 7.22. The van der Waals surface area contributed by atoms with Gasteiger partial charge < -0.3 is 19.8 Å². The van der Waals surface area contributed by atoms with Gasteiger partial charge in [0.05, 0.1) is 30.0 Å². The molecule has 158 valence electrons. The number of β-amino-alcohol motifs (C(OH)–C–C–N with tert-alkyl or cyclic N) is 1. The van der Waals surface area contributed by atoms with E-state index in [1.807, 2.05) is 38.7 Å². The molecular formula is C21H29N3O4S. The minimum atomic E-state index is -1.15. The number of aliphatic hydroxyl groups is 1. The first-order valence-corrected chi connectivity index (χ1v) is 10.9. The monoisotopic (exact) mass is 419 g/mol. The molecule has 0 bridgehead atoms. The van der Waals surface area contributed by atoms with Crippen LogP contribution in [-0.4, -0.2) is 53.2 Å². The number of rotatable bonds is 8. The lowest BCUT2D eigenvalue weighted by Crippen LogP contribution is -2.51. The smallest absolute Gasteiger partial charge is 0.290 e. The molecule has 1 saturated heterocycles. The van der Waals surface area contributed by atoms with Gasteiger partial charge in [-0.05, 0) is 26.7 Å². The number of ether oxygens (including phenoxy) is 2. The molecule has 0 radical (unpaired) electrons. The molecule has 1 fully saturated rings. The summed E-state index contributed by atoms with van der Waals surface area (Å²) in [5.74, 6) is 4.10. The van der Waals surface area contributed by atoms with Gasteiger partial charge in [-0.1, -0.05) is 31.1 Å². The molecule has 0 amide bonds. The number of aliphatic hydroxyl groups excluding tert-OH is 1. The minimum Gasteiger partial charge on any atom is -0.623 e. The summed E-state index contributed by atoms with van der Waals surface area (Å²) in [6.07, 6.45) is 6.08. The van der Waals surface area contributed by atoms with Crippen molar-refractivity contribution < 1.29 is 14.6 Å². The fourth-order valence-electron chi connectivity index (χ4n) is 3.87. The van der Waals surface area contributed by atoms with Crippen LogP contribution in [0.15, 0.2) is 12.1 Å². The van der Waals surface area contributed by atoms with Crippen LogP contribution in [0.25, 0.3) is 10.2 Å². The second-order valence-electron chi connectivity index (χ2n) is 7.15. The first-order valence-electron chi connectivity index (χ1n) is 10.1. The van der Waals surface area contributed by atoms with Crippen LogP contribution in [0.4, 0.5) is 5.13 Å². The third-order valence-electron chi connectivity index (χ3n) is 5.65. The summed E-state index contributed by atoms with van der Waals surface area (Å²) < 4.78 is 11.2. The number of nitrogens with zero attached hydrogens (tertiary/aromatic N) is 3. The maximum atomic E-state index is 13.7. The van der Waals surface area contributed by atoms with E-state index in [1.54, 1.807) is 6.07 Å². The number of fused-ring (bicyclic) bond motifs is 1. The fraction of sp³-hybridized carbons (Fsp3) is 0.571. The lowest BCUT2D eigenvalue weighted by molar-refractivity contribution is 0.0838. The van der Waals surface area contributed by atoms with Crippen molar-refractivity contribution in [2.75, 3.05) is 26.4 Å². The van der Waals surface area contributed by atoms with E-state index in [-0.39, 0.29) is 13.2 Å². The Kier molecular flexibility index (Phi) is 6.36. The quantitative estimate of drug-likeness (QED) is 0.400. The first kappa shape index (κ1) is 21.8. The lowest BCUT2D eigenvalue weighted by atomic mass is 9.92. The van der Waals surface area contributed by atoms with E-state index in [1.165, 1.54) is 11.3 Å². The highest BCUT2D eigenvalue weighted by Crippen LogP contribution is 2.43. The molecule has 7 nitrogen and oxygen atoms in total. The van der Waals surface area contributed by atoms with Crippen molar-refractivity contribution in [2.45, 2.75) is 52.3 Å². The highest BCUT2D eigenvalue weighted by atomic mass is 32.1. The zero-order valence-electron chi connectivity index (χ0n) is 17.5. The molecule has 2 atom stereocenters. The van der Waals surface area contributed by atoms with Crippen LogP contribution in [0.5, 0.6) is 11.5 Å². The van der Waals surface area contributed by atoms with Crippen molar-refractivity contribution in [2.24, 2.45) is 0 Å². The first-order chi connectivity index (χ1) is 13.9. The molecule has 0 saturated carbocycles. The zero-order chi connectivity index (χ0) is 21.2. The SMILES string of the molecule is C#CC(CC)(CC)N1CC(O)[N+]([O-])(c2nc3c(OCC)cc(OCC)cc3s2)C1. The van der Waals surface area contributed by atoms with Gasteiger partial charge in [0, 0.05) is 12.1 Å². The Hall–Kier alpha value is -1.89. The number of quaternary nitrogens is 1. The topological polar surface area (TPSA) is 77.9 Å². The summed E-state index contributed by atoms with van der Waals surface area (Å²) in [5, 5.41) is 24.8. The maximum Gasteiger partial charge on any atom is 0.290 e. The van der Waals surface area contributed by atoms with Gasteiger partial charge in [-0.15, -0.1) is 6.42 Å². The molecule has 1 aliphatic rings. The van der Waals surface area contributed by atoms with Gasteiger partial charge in [0.2, 0.25) is 6.23 Å². The molecule has 1 aromatic carbocycles. The predicted octanol–water partition coefficient (Wildman–Crippen LogP) is 3.68. The Morgan fingerprint density at radius 2 is 2.00 bits per heavy atom. The average molecular weight is 420 g/mol. The van der Waals surface area contributed by atoms with Gasteiger partial charge in [0.1, 0.15) is 23.7 Å². The van der Waals surface area contributed by atoms with Crippen LogP contribution >= 0.6 is 11.3 Å². The molecule has 2 heterocycles. The standard InChI is InChI=1S/C21H29N3O4S/c1-6-21(7-2,8-3)23-13-18(25)24(26,14-23)20-22-19-16(28-10-5)11-15(27-9-4)12-17(19)29-20/h1,11-12,18,25H,7-10,13-14H2,2-5H3. The Labute approximate surface area is 176 Å². The Morgan fingerprint density at radius 1 is 1.31 bits per heavy atom. The van der Waals surface area contributed by atoms with Crippen molar-refractivity contribution in [3.05, 3.63) is 17.3 Å². The third kappa shape index (κ3) is 3.69. The second-order valence-corrected chi connectivity index (χ2v) is 8.16. The van der Waals surface area contributed by atoms with E-state index >= 15 is 0 Å². The largest absolute Gasteiger partial charge is 0.623 e. The van der Waals surface area contributed by atoms with Crippen molar-refractivity contribution in [3.63, 3.8) is 0 Å². The summed E-state index contributed by atoms with van der Waals surface area (Å²) in [5.41, 5.74) is 0.0734. The van der Waals surface area contributed by atoms with Crippen molar-refractivity contribution in [1.29, 1.82) is 0 Å². The number of hydrogen-bond donors (Lipinski definition) is 1. The van der Waals surface area contributed by atoms with Crippen LogP contribution in [0.2, 0.25) is 0 Å². The van der Waals surface area contributed by atoms with Crippen molar-refractivity contribution in [3.8, 4) is 23.8 Å². The molecule has 0 spiro atoms. The Balaban J connectivity index is 2.03. The minimum absolute atomic E-state index is 0.0646. The Morgan fingerprint density at radius 3 is 2.59 bits per heavy atom. The third-order valence-corrected chi connectivity index (χ3v) is 6.76. The normalized spacial score (nSPS) is 22.7. The van der Waals surface area contributed by atoms with Crippen molar-refractivity contribution in [1.82, 2.24) is 14.5 Å². The van der Waals surface area contributed by atoms with Gasteiger partial charge in [-0.3, -0.25) is 4.65 Å². The van der Waals surface area contributed by atoms with Gasteiger partial charge in [-0.2, -0.15) is 4.98 Å². The molecule has 2 aromatic rings. The molecule has 3 rings (SSSR count). The van der Waals surface area contributed by atoms with Crippen LogP contribution in [0, 0.1) is 17.6 Å². The molecule has 1 N–H and O–H groups in total. The van der Waals surface area contributed by atoms with Crippen LogP contribution in [0.3, 0.4) is 0 Å². The highest BCUT2D eigenvalue weighted by Gasteiger charge is 2.49. The summed E-state index contributed by atoms with van der Waals surface area (Å²) in [4.78, 5) is 6.51. The molecule has 1 aliphatic heterocycles. The Bertz CT molecular complexity index is 905. The zero-order valence-corrected chi connectivity index (χ0v) is 18.3. The molecular weight excluding hydrogens is 390 g/mol. The molecule has 29 heavy (non-hydrogen) atoms. The lowest BCUT2D eigenvalue weighted by Gasteiger charge is -2.39. The maximum absolute atomic E-state index is 13.7. The van der Waals surface area contributed by atoms with Crippen LogP contribution in [-0.2, 0) is 0 Å². The van der Waals surface area contributed by atoms with E-state index in [9.17, 15) is 10.3 Å². The van der Waals surface area contributed by atoms with E-state index in [0.717, 1.165) is 4.70 Å². The summed E-state index contributed by atoms with van der Waals surface area (Å²) in [6.45, 7) is 9.11. The summed E-state index contributed by atoms with van der Waals surface area (Å²) in [6, 6.07) is 3.65. The summed E-state index contributed by atoms with van der Waals surface area (Å²) in [7, 11) is 0. The fourth-order valence-corrected chi connectivity index (χ4v) is 4.95. The second kappa shape index (κ2) is 8.46. The number of aromatic nitrogens is 1. The van der Waals surface area contributed by atoms with Gasteiger partial charge in [0.15, 0.2) is 0 Å². The van der Waals surface area contributed by atoms with E-state index in [0.29, 0.717) is 48.2 Å². The van der Waals surface area contributed by atoms with Gasteiger partial charge >= 0.3 is 0 Å². The van der Waals surface area contributed by atoms with E-state index in [4.69, 9.17) is 15.9 Å². The number of terminal acetylenes is 1. The number of thiazole rings is 1. The molecule has 0 aliphatic carbocycles. The van der Waals surface area contributed by atoms with Crippen molar-refractivity contribution >= 4 is 26.7 Å². The predicted molar refractivity (Wildman–Crippen MR) is 117 cm³/mol. The van der Waals surface area contributed by atoms with E-state index < -0.39 is 16.4 Å². The number of hydroxylamine groups is 2. The molecule has 8 heteroatoms. The average Bonchev–Trinajstić information content (AvgIpc) is 3.27. The number of hydrogen-bond acceptors (Lipinski definition) is 7. The van der Waals surface area contributed by atoms with Crippen LogP contribution < -0.4 is 14.1 Å². The number of benzene rings is 1. The van der Waals surface area contributed by atoms with Crippen LogP contribution in [0.1, 0.15) is 40.5 Å². The summed E-state index contributed by atoms with van der Waals surface area (Å²) >= 11 is 1.26. The molecule has 1 aromatic heterocycles. The van der Waals surface area contributed by atoms with Gasteiger partial charge in [0.25, 0.3) is 5.13 Å². The van der Waals surface area contributed by atoms with Gasteiger partial charge in [-0.25, -0.2) is 4.90 Å².